The van der Waals surface area contributed by atoms with Crippen LogP contribution in [-0.2, 0) is 12.0 Å². The molecule has 2 heterocycles. The highest BCUT2D eigenvalue weighted by Gasteiger charge is 2.19. The number of carbonyl (C=O) groups excluding carboxylic acids is 1. The number of anilines is 1. The summed E-state index contributed by atoms with van der Waals surface area (Å²) in [7, 11) is 0. The maximum absolute atomic E-state index is 12.2. The van der Waals surface area contributed by atoms with Crippen molar-refractivity contribution in [1.82, 2.24) is 15.5 Å². The number of hydrogen-bond donors (Lipinski definition) is 3. The summed E-state index contributed by atoms with van der Waals surface area (Å²) in [4.78, 5) is 16.6. The van der Waals surface area contributed by atoms with Gasteiger partial charge in [-0.15, -0.1) is 0 Å². The van der Waals surface area contributed by atoms with Crippen LogP contribution in [0.4, 0.5) is 5.82 Å². The Morgan fingerprint density at radius 2 is 2.14 bits per heavy atom. The van der Waals surface area contributed by atoms with Gasteiger partial charge in [0.2, 0.25) is 0 Å². The van der Waals surface area contributed by atoms with Gasteiger partial charge in [0.15, 0.2) is 5.76 Å². The fourth-order valence-corrected chi connectivity index (χ4v) is 1.72. The average Bonchev–Trinajstić information content (AvgIpc) is 2.96. The minimum atomic E-state index is -0.226. The smallest absolute Gasteiger partial charge is 0.251 e. The number of nitrogens with zero attached hydrogens (tertiary/aromatic N) is 2. The molecule has 0 saturated carbocycles. The third kappa shape index (κ3) is 3.79. The zero-order valence-corrected chi connectivity index (χ0v) is 12.3. The van der Waals surface area contributed by atoms with Gasteiger partial charge in [0.05, 0.1) is 12.7 Å². The molecule has 0 aliphatic carbocycles. The molecule has 0 atom stereocenters. The number of nitrogen functional groups attached to an aromatic ring is 1. The predicted molar refractivity (Wildman–Crippen MR) is 78.4 cm³/mol. The van der Waals surface area contributed by atoms with Crippen LogP contribution in [0.5, 0.6) is 0 Å². The van der Waals surface area contributed by atoms with Crippen molar-refractivity contribution in [2.24, 2.45) is 5.84 Å². The van der Waals surface area contributed by atoms with E-state index in [1.807, 2.05) is 20.8 Å². The summed E-state index contributed by atoms with van der Waals surface area (Å²) in [5.74, 6) is 6.23. The number of aromatic nitrogens is 2. The molecule has 0 saturated heterocycles. The van der Waals surface area contributed by atoms with Crippen LogP contribution in [-0.4, -0.2) is 16.0 Å². The first-order valence-corrected chi connectivity index (χ1v) is 6.57. The minimum Gasteiger partial charge on any atom is -0.360 e. The van der Waals surface area contributed by atoms with E-state index in [4.69, 9.17) is 10.4 Å². The van der Waals surface area contributed by atoms with E-state index in [9.17, 15) is 4.79 Å². The normalized spacial score (nSPS) is 11.2. The molecule has 2 aromatic heterocycles. The first-order valence-electron chi connectivity index (χ1n) is 6.57. The molecule has 0 radical (unpaired) electrons. The Hall–Kier alpha value is -2.41. The molecule has 4 N–H and O–H groups in total. The molecule has 0 spiro atoms. The van der Waals surface area contributed by atoms with Gasteiger partial charge in [-0.3, -0.25) is 4.79 Å². The van der Waals surface area contributed by atoms with Gasteiger partial charge in [0, 0.05) is 22.7 Å². The van der Waals surface area contributed by atoms with Crippen molar-refractivity contribution in [3.63, 3.8) is 0 Å². The molecule has 0 fully saturated rings. The lowest BCUT2D eigenvalue weighted by Crippen LogP contribution is -2.25. The molecule has 0 bridgehead atoms. The largest absolute Gasteiger partial charge is 0.360 e. The number of hydrogen-bond acceptors (Lipinski definition) is 6. The van der Waals surface area contributed by atoms with Crippen LogP contribution in [0.2, 0.25) is 0 Å². The van der Waals surface area contributed by atoms with Crippen molar-refractivity contribution in [3.8, 4) is 0 Å². The number of hydrazine groups is 1. The van der Waals surface area contributed by atoms with Gasteiger partial charge in [-0.05, 0) is 12.1 Å². The molecule has 1 amide bonds. The van der Waals surface area contributed by atoms with E-state index >= 15 is 0 Å². The van der Waals surface area contributed by atoms with Crippen molar-refractivity contribution >= 4 is 11.7 Å². The number of carbonyl (C=O) groups is 1. The molecular weight excluding hydrogens is 270 g/mol. The lowest BCUT2D eigenvalue weighted by atomic mass is 9.90. The summed E-state index contributed by atoms with van der Waals surface area (Å²) in [6.45, 7) is 6.33. The first-order chi connectivity index (χ1) is 9.90. The fraction of sp³-hybridized carbons (Fsp3) is 0.357. The van der Waals surface area contributed by atoms with E-state index in [2.05, 4.69) is 20.9 Å². The van der Waals surface area contributed by atoms with Gasteiger partial charge in [-0.25, -0.2) is 10.8 Å². The number of nitrogens with two attached hydrogens (primary N) is 1. The Balaban J connectivity index is 2.19. The minimum absolute atomic E-state index is 0.188. The second-order valence-corrected chi connectivity index (χ2v) is 5.68. The molecule has 7 nitrogen and oxygen atoms in total. The summed E-state index contributed by atoms with van der Waals surface area (Å²) in [6.07, 6.45) is 1.53. The third-order valence-corrected chi connectivity index (χ3v) is 2.92. The standard InChI is InChI=1S/C14H19N5O2/c1-14(2,3)11-6-9(7-12(18-11)19-15)13(20)16-8-10-4-5-17-21-10/h4-7H,8,15H2,1-3H3,(H,16,20)(H,18,19). The van der Waals surface area contributed by atoms with Crippen molar-refractivity contribution in [1.29, 1.82) is 0 Å². The topological polar surface area (TPSA) is 106 Å². The van der Waals surface area contributed by atoms with Crippen LogP contribution < -0.4 is 16.6 Å². The number of nitrogens with one attached hydrogen (secondary N) is 2. The maximum atomic E-state index is 12.2. The summed E-state index contributed by atoms with van der Waals surface area (Å²) in [5, 5.41) is 6.35. The number of amides is 1. The SMILES string of the molecule is CC(C)(C)c1cc(C(=O)NCc2ccno2)cc(NN)n1. The molecule has 0 aliphatic rings. The molecule has 21 heavy (non-hydrogen) atoms. The van der Waals surface area contributed by atoms with E-state index < -0.39 is 0 Å². The zero-order chi connectivity index (χ0) is 15.5. The number of pyridine rings is 1. The molecule has 0 aliphatic heterocycles. The Morgan fingerprint density at radius 1 is 1.38 bits per heavy atom. The Bertz CT molecular complexity index is 617. The highest BCUT2D eigenvalue weighted by Crippen LogP contribution is 2.23. The average molecular weight is 289 g/mol. The Morgan fingerprint density at radius 3 is 2.71 bits per heavy atom. The summed E-state index contributed by atoms with van der Waals surface area (Å²) >= 11 is 0. The molecule has 0 unspecified atom stereocenters. The summed E-state index contributed by atoms with van der Waals surface area (Å²) in [5.41, 5.74) is 3.57. The van der Waals surface area contributed by atoms with Crippen LogP contribution in [0.3, 0.4) is 0 Å². The Labute approximate surface area is 122 Å². The predicted octanol–water partition coefficient (Wildman–Crippen LogP) is 1.58. The van der Waals surface area contributed by atoms with Crippen LogP contribution in [0.15, 0.2) is 28.9 Å². The van der Waals surface area contributed by atoms with Gasteiger partial charge in [-0.2, -0.15) is 0 Å². The lowest BCUT2D eigenvalue weighted by Gasteiger charge is -2.19. The summed E-state index contributed by atoms with van der Waals surface area (Å²) in [6, 6.07) is 5.06. The van der Waals surface area contributed by atoms with Crippen LogP contribution in [0, 0.1) is 0 Å². The molecule has 2 rings (SSSR count). The van der Waals surface area contributed by atoms with E-state index in [-0.39, 0.29) is 17.9 Å². The van der Waals surface area contributed by atoms with Gasteiger partial charge < -0.3 is 15.3 Å². The van der Waals surface area contributed by atoms with Gasteiger partial charge in [0.1, 0.15) is 5.82 Å². The first kappa shape index (κ1) is 15.0. The monoisotopic (exact) mass is 289 g/mol. The van der Waals surface area contributed by atoms with E-state index in [1.54, 1.807) is 18.2 Å². The van der Waals surface area contributed by atoms with Crippen molar-refractivity contribution < 1.29 is 9.32 Å². The second kappa shape index (κ2) is 5.92. The molecule has 7 heteroatoms. The highest BCUT2D eigenvalue weighted by atomic mass is 16.5. The van der Waals surface area contributed by atoms with Crippen molar-refractivity contribution in [2.45, 2.75) is 32.7 Å². The zero-order valence-electron chi connectivity index (χ0n) is 12.3. The van der Waals surface area contributed by atoms with Gasteiger partial charge in [0.25, 0.3) is 5.91 Å². The highest BCUT2D eigenvalue weighted by molar-refractivity contribution is 5.95. The van der Waals surface area contributed by atoms with Crippen molar-refractivity contribution in [3.05, 3.63) is 41.4 Å². The molecule has 0 aromatic carbocycles. The van der Waals surface area contributed by atoms with E-state index in [0.717, 1.165) is 5.69 Å². The molecular formula is C14H19N5O2. The summed E-state index contributed by atoms with van der Waals surface area (Å²) < 4.78 is 4.93. The maximum Gasteiger partial charge on any atom is 0.251 e. The van der Waals surface area contributed by atoms with Gasteiger partial charge >= 0.3 is 0 Å². The lowest BCUT2D eigenvalue weighted by molar-refractivity contribution is 0.0947. The van der Waals surface area contributed by atoms with E-state index in [1.165, 1.54) is 6.20 Å². The third-order valence-electron chi connectivity index (χ3n) is 2.92. The van der Waals surface area contributed by atoms with Crippen LogP contribution >= 0.6 is 0 Å². The number of rotatable bonds is 4. The molecule has 112 valence electrons. The van der Waals surface area contributed by atoms with Crippen LogP contribution in [0.25, 0.3) is 0 Å². The quantitative estimate of drug-likeness (QED) is 0.583. The van der Waals surface area contributed by atoms with Crippen molar-refractivity contribution in [2.75, 3.05) is 5.43 Å². The van der Waals surface area contributed by atoms with Gasteiger partial charge in [-0.1, -0.05) is 25.9 Å². The molecule has 2 aromatic rings. The Kier molecular flexibility index (Phi) is 4.23. The second-order valence-electron chi connectivity index (χ2n) is 5.68. The van der Waals surface area contributed by atoms with Crippen LogP contribution in [0.1, 0.15) is 42.6 Å². The fourth-order valence-electron chi connectivity index (χ4n) is 1.72. The van der Waals surface area contributed by atoms with E-state index in [0.29, 0.717) is 17.1 Å².